The topological polar surface area (TPSA) is 48.0 Å². The van der Waals surface area contributed by atoms with Crippen LogP contribution in [0.15, 0.2) is 30.6 Å². The van der Waals surface area contributed by atoms with Gasteiger partial charge in [-0.3, -0.25) is 0 Å². The molecule has 0 bridgehead atoms. The number of rotatable bonds is 2. The molecule has 1 saturated carbocycles. The molecule has 0 N–H and O–H groups in total. The fourth-order valence-corrected chi connectivity index (χ4v) is 4.61. The third-order valence-electron chi connectivity index (χ3n) is 6.20. The van der Waals surface area contributed by atoms with Crippen LogP contribution in [0.3, 0.4) is 0 Å². The highest BCUT2D eigenvalue weighted by Crippen LogP contribution is 2.36. The van der Waals surface area contributed by atoms with Gasteiger partial charge < -0.3 is 4.57 Å². The maximum absolute atomic E-state index is 4.93. The maximum Gasteiger partial charge on any atom is 0.182 e. The van der Waals surface area contributed by atoms with Crippen molar-refractivity contribution in [1.82, 2.24) is 24.1 Å². The van der Waals surface area contributed by atoms with E-state index in [0.717, 1.165) is 28.1 Å². The van der Waals surface area contributed by atoms with E-state index in [4.69, 9.17) is 15.1 Å². The van der Waals surface area contributed by atoms with E-state index in [9.17, 15) is 0 Å². The molecule has 5 heteroatoms. The Morgan fingerprint density at radius 3 is 2.52 bits per heavy atom. The van der Waals surface area contributed by atoms with E-state index < -0.39 is 0 Å². The van der Waals surface area contributed by atoms with E-state index >= 15 is 0 Å². The Morgan fingerprint density at radius 2 is 1.74 bits per heavy atom. The van der Waals surface area contributed by atoms with Crippen molar-refractivity contribution in [1.29, 1.82) is 0 Å². The largest absolute Gasteiger partial charge is 0.326 e. The van der Waals surface area contributed by atoms with Gasteiger partial charge in [-0.15, -0.1) is 5.10 Å². The van der Waals surface area contributed by atoms with Gasteiger partial charge in [-0.25, -0.2) is 14.5 Å². The van der Waals surface area contributed by atoms with Crippen LogP contribution in [0.1, 0.15) is 55.0 Å². The van der Waals surface area contributed by atoms with Gasteiger partial charge in [0.2, 0.25) is 0 Å². The van der Waals surface area contributed by atoms with E-state index in [1.807, 2.05) is 23.0 Å². The number of fused-ring (bicyclic) bond motifs is 3. The summed E-state index contributed by atoms with van der Waals surface area (Å²) >= 11 is 0. The molecule has 0 atom stereocenters. The minimum absolute atomic E-state index is 0.559. The fourth-order valence-electron chi connectivity index (χ4n) is 4.61. The van der Waals surface area contributed by atoms with Crippen LogP contribution in [0.4, 0.5) is 0 Å². The predicted octanol–water partition coefficient (Wildman–Crippen LogP) is 5.18. The number of hydrogen-bond donors (Lipinski definition) is 0. The van der Waals surface area contributed by atoms with Crippen LogP contribution in [-0.2, 0) is 0 Å². The van der Waals surface area contributed by atoms with Gasteiger partial charge >= 0.3 is 0 Å². The van der Waals surface area contributed by atoms with Crippen LogP contribution < -0.4 is 0 Å². The van der Waals surface area contributed by atoms with Gasteiger partial charge in [-0.05, 0) is 44.7 Å². The van der Waals surface area contributed by atoms with E-state index in [1.54, 1.807) is 0 Å². The fraction of sp³-hybridized carbons (Fsp3) is 0.409. The monoisotopic (exact) mass is 359 g/mol. The van der Waals surface area contributed by atoms with Gasteiger partial charge in [0.05, 0.1) is 5.39 Å². The van der Waals surface area contributed by atoms with Crippen molar-refractivity contribution in [2.45, 2.75) is 58.9 Å². The molecule has 0 unspecified atom stereocenters. The van der Waals surface area contributed by atoms with Crippen LogP contribution in [0.2, 0.25) is 0 Å². The standard InChI is InChI=1S/C22H25N5/c1-14-9-7-8-12-18(14)20-24-22-19-15(2)16(3)27(17-10-5-4-6-11-17)21(19)23-13-26(22)25-20/h7-9,12-13,17H,4-6,10-11H2,1-3H3. The summed E-state index contributed by atoms with van der Waals surface area (Å²) in [4.78, 5) is 9.75. The molecule has 1 aliphatic carbocycles. The van der Waals surface area contributed by atoms with Gasteiger partial charge in [0.1, 0.15) is 12.0 Å². The van der Waals surface area contributed by atoms with Crippen molar-refractivity contribution in [3.05, 3.63) is 47.4 Å². The van der Waals surface area contributed by atoms with Crippen molar-refractivity contribution in [3.8, 4) is 11.4 Å². The normalized spacial score (nSPS) is 15.8. The molecule has 0 spiro atoms. The first-order chi connectivity index (χ1) is 13.1. The molecule has 5 rings (SSSR count). The maximum atomic E-state index is 4.93. The molecule has 3 heterocycles. The number of nitrogens with zero attached hydrogens (tertiary/aromatic N) is 5. The van der Waals surface area contributed by atoms with Gasteiger partial charge in [0.25, 0.3) is 0 Å². The third kappa shape index (κ3) is 2.48. The Hall–Kier alpha value is -2.69. The SMILES string of the molecule is Cc1ccccc1-c1nc2c3c(C)c(C)n(C4CCCCC4)c3ncn2n1. The smallest absolute Gasteiger partial charge is 0.182 e. The van der Waals surface area contributed by atoms with Crippen molar-refractivity contribution in [3.63, 3.8) is 0 Å². The molecule has 1 fully saturated rings. The van der Waals surface area contributed by atoms with E-state index in [0.29, 0.717) is 6.04 Å². The summed E-state index contributed by atoms with van der Waals surface area (Å²) in [5.74, 6) is 0.768. The summed E-state index contributed by atoms with van der Waals surface area (Å²) < 4.78 is 4.30. The summed E-state index contributed by atoms with van der Waals surface area (Å²) in [6.07, 6.45) is 8.30. The average molecular weight is 359 g/mol. The molecule has 0 amide bonds. The second-order valence-corrected chi connectivity index (χ2v) is 7.83. The quantitative estimate of drug-likeness (QED) is 0.496. The van der Waals surface area contributed by atoms with E-state index in [2.05, 4.69) is 37.5 Å². The Morgan fingerprint density at radius 1 is 0.963 bits per heavy atom. The molecule has 0 saturated heterocycles. The molecular weight excluding hydrogens is 334 g/mol. The van der Waals surface area contributed by atoms with Gasteiger partial charge in [0, 0.05) is 17.3 Å². The molecule has 0 radical (unpaired) electrons. The van der Waals surface area contributed by atoms with Gasteiger partial charge in [-0.2, -0.15) is 0 Å². The first-order valence-corrected chi connectivity index (χ1v) is 9.93. The minimum Gasteiger partial charge on any atom is -0.326 e. The summed E-state index contributed by atoms with van der Waals surface area (Å²) in [7, 11) is 0. The number of aryl methyl sites for hydroxylation is 2. The summed E-state index contributed by atoms with van der Waals surface area (Å²) in [5.41, 5.74) is 6.83. The lowest BCUT2D eigenvalue weighted by atomic mass is 9.95. The van der Waals surface area contributed by atoms with Crippen molar-refractivity contribution in [2.24, 2.45) is 0 Å². The Bertz CT molecular complexity index is 1140. The summed E-state index contributed by atoms with van der Waals surface area (Å²) in [6.45, 7) is 6.52. The number of benzene rings is 1. The molecule has 27 heavy (non-hydrogen) atoms. The van der Waals surface area contributed by atoms with E-state index in [-0.39, 0.29) is 0 Å². The highest BCUT2D eigenvalue weighted by molar-refractivity contribution is 5.94. The lowest BCUT2D eigenvalue weighted by Crippen LogP contribution is -2.14. The lowest BCUT2D eigenvalue weighted by molar-refractivity contribution is 0.355. The number of hydrogen-bond acceptors (Lipinski definition) is 3. The van der Waals surface area contributed by atoms with Crippen LogP contribution >= 0.6 is 0 Å². The molecule has 1 aliphatic rings. The average Bonchev–Trinajstić information content (AvgIpc) is 3.22. The molecular formula is C22H25N5. The second kappa shape index (κ2) is 6.19. The van der Waals surface area contributed by atoms with Crippen LogP contribution in [0, 0.1) is 20.8 Å². The highest BCUT2D eigenvalue weighted by Gasteiger charge is 2.24. The first-order valence-electron chi connectivity index (χ1n) is 9.93. The zero-order valence-electron chi connectivity index (χ0n) is 16.2. The molecule has 1 aromatic carbocycles. The van der Waals surface area contributed by atoms with Crippen molar-refractivity contribution >= 4 is 16.7 Å². The van der Waals surface area contributed by atoms with E-state index in [1.165, 1.54) is 48.9 Å². The second-order valence-electron chi connectivity index (χ2n) is 7.83. The van der Waals surface area contributed by atoms with Crippen LogP contribution in [-0.4, -0.2) is 24.1 Å². The lowest BCUT2D eigenvalue weighted by Gasteiger charge is -2.25. The Kier molecular flexibility index (Phi) is 3.78. The molecule has 4 aromatic rings. The highest BCUT2D eigenvalue weighted by atomic mass is 15.3. The third-order valence-corrected chi connectivity index (χ3v) is 6.20. The van der Waals surface area contributed by atoms with Crippen LogP contribution in [0.25, 0.3) is 28.1 Å². The summed E-state index contributed by atoms with van der Waals surface area (Å²) in [5, 5.41) is 5.87. The molecule has 5 nitrogen and oxygen atoms in total. The minimum atomic E-state index is 0.559. The first kappa shape index (κ1) is 16.5. The van der Waals surface area contributed by atoms with Crippen molar-refractivity contribution < 1.29 is 0 Å². The predicted molar refractivity (Wildman–Crippen MR) is 108 cm³/mol. The zero-order chi connectivity index (χ0) is 18.5. The molecule has 138 valence electrons. The zero-order valence-corrected chi connectivity index (χ0v) is 16.2. The van der Waals surface area contributed by atoms with Crippen molar-refractivity contribution in [2.75, 3.05) is 0 Å². The molecule has 0 aliphatic heterocycles. The molecule has 3 aromatic heterocycles. The Balaban J connectivity index is 1.74. The van der Waals surface area contributed by atoms with Gasteiger partial charge in [-0.1, -0.05) is 43.5 Å². The Labute approximate surface area is 159 Å². The van der Waals surface area contributed by atoms with Crippen LogP contribution in [0.5, 0.6) is 0 Å². The number of aromatic nitrogens is 5. The van der Waals surface area contributed by atoms with Gasteiger partial charge in [0.15, 0.2) is 11.5 Å². The summed E-state index contributed by atoms with van der Waals surface area (Å²) in [6, 6.07) is 8.83.